The fraction of sp³-hybridized carbons (Fsp3) is 0.160. The molecule has 5 heteroatoms. The van der Waals surface area contributed by atoms with Gasteiger partial charge in [-0.25, -0.2) is 4.79 Å². The fourth-order valence-electron chi connectivity index (χ4n) is 3.67. The van der Waals surface area contributed by atoms with Crippen molar-refractivity contribution in [3.8, 4) is 23.0 Å². The average molecular weight is 481 g/mol. The minimum atomic E-state index is -0.427. The Balaban J connectivity index is 1.29. The largest absolute Gasteiger partial charge is 0.449 e. The van der Waals surface area contributed by atoms with E-state index in [0.29, 0.717) is 24.6 Å². The molecule has 0 saturated carbocycles. The first-order valence-corrected chi connectivity index (χ1v) is 10.8. The maximum Gasteiger partial charge on any atom is 0.407 e. The fourth-order valence-corrected chi connectivity index (χ4v) is 4.53. The van der Waals surface area contributed by atoms with Gasteiger partial charge in [0.15, 0.2) is 0 Å². The molecule has 4 rings (SSSR count). The van der Waals surface area contributed by atoms with Gasteiger partial charge in [-0.1, -0.05) is 87.9 Å². The van der Waals surface area contributed by atoms with Crippen molar-refractivity contribution in [1.82, 2.24) is 5.32 Å². The number of rotatable bonds is 4. The van der Waals surface area contributed by atoms with Crippen LogP contribution in [0.2, 0.25) is 5.02 Å². The predicted molar refractivity (Wildman–Crippen MR) is 124 cm³/mol. The van der Waals surface area contributed by atoms with Crippen molar-refractivity contribution in [2.24, 2.45) is 0 Å². The normalized spacial score (nSPS) is 11.8. The molecule has 3 aromatic carbocycles. The molecule has 30 heavy (non-hydrogen) atoms. The topological polar surface area (TPSA) is 38.3 Å². The Morgan fingerprint density at radius 2 is 1.70 bits per heavy atom. The van der Waals surface area contributed by atoms with Crippen LogP contribution in [0.15, 0.2) is 71.2 Å². The van der Waals surface area contributed by atoms with Crippen molar-refractivity contribution in [3.63, 3.8) is 0 Å². The maximum absolute atomic E-state index is 12.1. The second-order valence-electron chi connectivity index (χ2n) is 6.96. The summed E-state index contributed by atoms with van der Waals surface area (Å²) in [7, 11) is 0. The van der Waals surface area contributed by atoms with Crippen LogP contribution < -0.4 is 5.32 Å². The van der Waals surface area contributed by atoms with Crippen LogP contribution in [0.4, 0.5) is 4.79 Å². The number of hydrogen-bond acceptors (Lipinski definition) is 2. The number of carbonyl (C=O) groups excluding carboxylic acids is 1. The minimum absolute atomic E-state index is 0.0595. The zero-order chi connectivity index (χ0) is 20.9. The van der Waals surface area contributed by atoms with Crippen LogP contribution >= 0.6 is 27.5 Å². The smallest absolute Gasteiger partial charge is 0.407 e. The molecule has 3 aromatic rings. The van der Waals surface area contributed by atoms with E-state index in [0.717, 1.165) is 10.0 Å². The molecule has 0 heterocycles. The molecule has 150 valence electrons. The van der Waals surface area contributed by atoms with E-state index >= 15 is 0 Å². The molecule has 0 spiro atoms. The lowest BCUT2D eigenvalue weighted by molar-refractivity contribution is 0.143. The van der Waals surface area contributed by atoms with Crippen molar-refractivity contribution in [2.75, 3.05) is 13.2 Å². The average Bonchev–Trinajstić information content (AvgIpc) is 3.05. The molecule has 1 aliphatic carbocycles. The Kier molecular flexibility index (Phi) is 6.42. The first-order valence-electron chi connectivity index (χ1n) is 9.65. The minimum Gasteiger partial charge on any atom is -0.449 e. The zero-order valence-electron chi connectivity index (χ0n) is 16.1. The van der Waals surface area contributed by atoms with Gasteiger partial charge in [-0.15, -0.1) is 0 Å². The number of benzene rings is 3. The van der Waals surface area contributed by atoms with Crippen LogP contribution in [-0.4, -0.2) is 19.2 Å². The quantitative estimate of drug-likeness (QED) is 0.347. The van der Waals surface area contributed by atoms with Crippen LogP contribution in [0.25, 0.3) is 11.1 Å². The lowest BCUT2D eigenvalue weighted by atomic mass is 9.98. The van der Waals surface area contributed by atoms with Crippen molar-refractivity contribution >= 4 is 33.6 Å². The summed E-state index contributed by atoms with van der Waals surface area (Å²) in [6, 6.07) is 22.1. The number of halogens is 2. The van der Waals surface area contributed by atoms with E-state index < -0.39 is 6.09 Å². The summed E-state index contributed by atoms with van der Waals surface area (Å²) in [6.07, 6.45) is 0.0954. The SMILES string of the molecule is O=C(NCCC#Cc1cc(Cl)cc(Br)c1)OCC1c2ccccc2-c2ccccc21. The van der Waals surface area contributed by atoms with Crippen molar-refractivity contribution in [2.45, 2.75) is 12.3 Å². The van der Waals surface area contributed by atoms with E-state index in [9.17, 15) is 4.79 Å². The van der Waals surface area contributed by atoms with Gasteiger partial charge in [0.1, 0.15) is 6.61 Å². The number of carbonyl (C=O) groups is 1. The Morgan fingerprint density at radius 1 is 1.03 bits per heavy atom. The number of nitrogens with one attached hydrogen (secondary N) is 1. The van der Waals surface area contributed by atoms with Crippen molar-refractivity contribution in [1.29, 1.82) is 0 Å². The van der Waals surface area contributed by atoms with Crippen molar-refractivity contribution in [3.05, 3.63) is 92.9 Å². The highest BCUT2D eigenvalue weighted by Gasteiger charge is 2.28. The second kappa shape index (κ2) is 9.38. The summed E-state index contributed by atoms with van der Waals surface area (Å²) < 4.78 is 6.40. The van der Waals surface area contributed by atoms with Crippen LogP contribution in [0.3, 0.4) is 0 Å². The Bertz CT molecular complexity index is 1080. The standard InChI is InChI=1S/C25H19BrClNO2/c26-18-13-17(14-19(27)15-18)7-5-6-12-28-25(29)30-16-24-22-10-3-1-8-20(22)21-9-2-4-11-23(21)24/h1-4,8-11,13-15,24H,6,12,16H2,(H,28,29). The molecular formula is C25H19BrClNO2. The van der Waals surface area contributed by atoms with Gasteiger partial charge in [0.2, 0.25) is 0 Å². The maximum atomic E-state index is 12.1. The van der Waals surface area contributed by atoms with Gasteiger partial charge in [-0.2, -0.15) is 0 Å². The molecule has 0 bridgehead atoms. The Hall–Kier alpha value is -2.74. The number of ether oxygens (including phenoxy) is 1. The molecule has 0 radical (unpaired) electrons. The molecule has 0 atom stereocenters. The first-order chi connectivity index (χ1) is 14.6. The predicted octanol–water partition coefficient (Wildman–Crippen LogP) is 6.38. The number of alkyl carbamates (subject to hydrolysis) is 1. The van der Waals surface area contributed by atoms with Gasteiger partial charge in [0.05, 0.1) is 0 Å². The number of fused-ring (bicyclic) bond motifs is 3. The van der Waals surface area contributed by atoms with Gasteiger partial charge >= 0.3 is 6.09 Å². The van der Waals surface area contributed by atoms with E-state index in [1.165, 1.54) is 22.3 Å². The lowest BCUT2D eigenvalue weighted by Gasteiger charge is -2.14. The van der Waals surface area contributed by atoms with E-state index in [4.69, 9.17) is 16.3 Å². The van der Waals surface area contributed by atoms with Gasteiger partial charge < -0.3 is 10.1 Å². The molecule has 0 saturated heterocycles. The molecule has 1 amide bonds. The van der Waals surface area contributed by atoms with Crippen LogP contribution in [-0.2, 0) is 4.74 Å². The molecule has 3 nitrogen and oxygen atoms in total. The summed E-state index contributed by atoms with van der Waals surface area (Å²) in [5.74, 6) is 6.14. The highest BCUT2D eigenvalue weighted by molar-refractivity contribution is 9.10. The highest BCUT2D eigenvalue weighted by atomic mass is 79.9. The molecule has 1 aliphatic rings. The monoisotopic (exact) mass is 479 g/mol. The van der Waals surface area contributed by atoms with E-state index in [1.54, 1.807) is 6.07 Å². The summed E-state index contributed by atoms with van der Waals surface area (Å²) in [5.41, 5.74) is 5.65. The molecule has 0 unspecified atom stereocenters. The third-order valence-electron chi connectivity index (χ3n) is 4.96. The molecule has 0 aromatic heterocycles. The summed E-state index contributed by atoms with van der Waals surface area (Å²) in [6.45, 7) is 0.730. The summed E-state index contributed by atoms with van der Waals surface area (Å²) >= 11 is 9.41. The summed E-state index contributed by atoms with van der Waals surface area (Å²) in [4.78, 5) is 12.1. The van der Waals surface area contributed by atoms with Crippen LogP contribution in [0.1, 0.15) is 29.0 Å². The lowest BCUT2D eigenvalue weighted by Crippen LogP contribution is -2.26. The van der Waals surface area contributed by atoms with Crippen LogP contribution in [0, 0.1) is 11.8 Å². The third kappa shape index (κ3) is 4.70. The summed E-state index contributed by atoms with van der Waals surface area (Å²) in [5, 5.41) is 3.39. The number of amides is 1. The van der Waals surface area contributed by atoms with E-state index in [1.807, 2.05) is 36.4 Å². The highest BCUT2D eigenvalue weighted by Crippen LogP contribution is 2.44. The third-order valence-corrected chi connectivity index (χ3v) is 5.63. The van der Waals surface area contributed by atoms with E-state index in [2.05, 4.69) is 57.4 Å². The number of hydrogen-bond donors (Lipinski definition) is 1. The Labute approximate surface area is 189 Å². The van der Waals surface area contributed by atoms with Crippen molar-refractivity contribution < 1.29 is 9.53 Å². The zero-order valence-corrected chi connectivity index (χ0v) is 18.5. The van der Waals surface area contributed by atoms with Gasteiger partial charge in [0.25, 0.3) is 0 Å². The van der Waals surface area contributed by atoms with E-state index in [-0.39, 0.29) is 5.92 Å². The van der Waals surface area contributed by atoms with Gasteiger partial charge in [-0.05, 0) is 40.5 Å². The van der Waals surface area contributed by atoms with Gasteiger partial charge in [-0.3, -0.25) is 0 Å². The van der Waals surface area contributed by atoms with Gasteiger partial charge in [0, 0.05) is 33.9 Å². The Morgan fingerprint density at radius 3 is 2.37 bits per heavy atom. The molecule has 0 fully saturated rings. The molecule has 1 N–H and O–H groups in total. The first kappa shape index (κ1) is 20.5. The second-order valence-corrected chi connectivity index (χ2v) is 8.31. The van der Waals surface area contributed by atoms with Crippen LogP contribution in [0.5, 0.6) is 0 Å². The molecular weight excluding hydrogens is 462 g/mol. The molecule has 0 aliphatic heterocycles.